The van der Waals surface area contributed by atoms with Crippen molar-refractivity contribution in [2.45, 2.75) is 6.36 Å². The lowest BCUT2D eigenvalue weighted by atomic mass is 10.1. The topological polar surface area (TPSA) is 66.4 Å². The van der Waals surface area contributed by atoms with Gasteiger partial charge >= 0.3 is 12.3 Å². The summed E-state index contributed by atoms with van der Waals surface area (Å²) in [5.74, 6) is -3.54. The van der Waals surface area contributed by atoms with Gasteiger partial charge in [-0.2, -0.15) is 0 Å². The van der Waals surface area contributed by atoms with Crippen LogP contribution in [0, 0.1) is 0 Å². The van der Waals surface area contributed by atoms with Crippen molar-refractivity contribution in [3.63, 3.8) is 0 Å². The van der Waals surface area contributed by atoms with Gasteiger partial charge in [-0.1, -0.05) is 18.2 Å². The summed E-state index contributed by atoms with van der Waals surface area (Å²) in [7, 11) is 0. The average molecular weight is 233 g/mol. The zero-order valence-corrected chi connectivity index (χ0v) is 7.58. The number of alkyl halides is 3. The molecule has 4 nitrogen and oxygen atoms in total. The van der Waals surface area contributed by atoms with E-state index in [1.807, 2.05) is 0 Å². The molecule has 1 aromatic rings. The van der Waals surface area contributed by atoms with Crippen LogP contribution in [0.3, 0.4) is 0 Å². The highest BCUT2D eigenvalue weighted by atomic mass is 19.4. The van der Waals surface area contributed by atoms with Gasteiger partial charge in [0, 0.05) is 5.56 Å². The molecule has 16 heavy (non-hydrogen) atoms. The van der Waals surface area contributed by atoms with Crippen molar-refractivity contribution in [3.8, 4) is 0 Å². The van der Waals surface area contributed by atoms with Crippen LogP contribution in [0.5, 0.6) is 0 Å². The van der Waals surface area contributed by atoms with Gasteiger partial charge in [0.05, 0.1) is 11.5 Å². The highest BCUT2D eigenvalue weighted by Gasteiger charge is 2.35. The number of hydrogen-bond acceptors (Lipinski definition) is 4. The first-order valence-corrected chi connectivity index (χ1v) is 3.91. The third-order valence-corrected chi connectivity index (χ3v) is 1.58. The van der Waals surface area contributed by atoms with E-state index in [9.17, 15) is 27.9 Å². The molecule has 86 valence electrons. The predicted octanol–water partition coefficient (Wildman–Crippen LogP) is 0.727. The minimum Gasteiger partial charge on any atom is -0.545 e. The molecule has 0 atom stereocenters. The van der Waals surface area contributed by atoms with E-state index >= 15 is 0 Å². The summed E-state index contributed by atoms with van der Waals surface area (Å²) in [5, 5.41) is 10.5. The van der Waals surface area contributed by atoms with E-state index in [0.29, 0.717) is 0 Å². The molecule has 0 fully saturated rings. The molecule has 1 aromatic carbocycles. The quantitative estimate of drug-likeness (QED) is 0.706. The Bertz CT molecular complexity index is 425. The van der Waals surface area contributed by atoms with Crippen LogP contribution in [0.1, 0.15) is 20.7 Å². The first-order chi connectivity index (χ1) is 7.31. The molecule has 7 heteroatoms. The van der Waals surface area contributed by atoms with E-state index in [1.54, 1.807) is 0 Å². The second-order valence-electron chi connectivity index (χ2n) is 2.67. The maximum atomic E-state index is 11.7. The van der Waals surface area contributed by atoms with Crippen molar-refractivity contribution >= 4 is 11.9 Å². The van der Waals surface area contributed by atoms with Crippen LogP contribution >= 0.6 is 0 Å². The van der Waals surface area contributed by atoms with Gasteiger partial charge in [0.2, 0.25) is 0 Å². The second kappa shape index (κ2) is 4.21. The molecule has 0 N–H and O–H groups in total. The predicted molar refractivity (Wildman–Crippen MR) is 42.2 cm³/mol. The fourth-order valence-corrected chi connectivity index (χ4v) is 0.999. The van der Waals surface area contributed by atoms with E-state index in [4.69, 9.17) is 0 Å². The number of hydrogen-bond donors (Lipinski definition) is 0. The molecule has 0 amide bonds. The van der Waals surface area contributed by atoms with Crippen molar-refractivity contribution < 1.29 is 32.6 Å². The number of esters is 1. The van der Waals surface area contributed by atoms with Crippen molar-refractivity contribution in [1.29, 1.82) is 0 Å². The molecule has 0 saturated carbocycles. The van der Waals surface area contributed by atoms with Gasteiger partial charge in [0.25, 0.3) is 0 Å². The SMILES string of the molecule is O=C([O-])c1ccccc1C(=O)OC(F)(F)F. The lowest BCUT2D eigenvalue weighted by molar-refractivity contribution is -0.292. The normalized spacial score (nSPS) is 10.9. The number of benzene rings is 1. The first-order valence-electron chi connectivity index (χ1n) is 3.91. The molecule has 0 aliphatic heterocycles. The molecular formula is C9H4F3O4-. The average Bonchev–Trinajstić information content (AvgIpc) is 2.15. The lowest BCUT2D eigenvalue weighted by Gasteiger charge is -2.11. The summed E-state index contributed by atoms with van der Waals surface area (Å²) < 4.78 is 38.2. The molecule has 0 bridgehead atoms. The summed E-state index contributed by atoms with van der Waals surface area (Å²) in [4.78, 5) is 21.4. The lowest BCUT2D eigenvalue weighted by Crippen LogP contribution is -2.27. The summed E-state index contributed by atoms with van der Waals surface area (Å²) in [6.07, 6.45) is -5.16. The van der Waals surface area contributed by atoms with Crippen LogP contribution in [0.15, 0.2) is 24.3 Å². The summed E-state index contributed by atoms with van der Waals surface area (Å²) in [5.41, 5.74) is -1.36. The van der Waals surface area contributed by atoms with Crippen molar-refractivity contribution in [1.82, 2.24) is 0 Å². The zero-order valence-electron chi connectivity index (χ0n) is 7.58. The Morgan fingerprint density at radius 1 is 1.12 bits per heavy atom. The van der Waals surface area contributed by atoms with Gasteiger partial charge in [-0.05, 0) is 6.07 Å². The van der Waals surface area contributed by atoms with Crippen molar-refractivity contribution in [3.05, 3.63) is 35.4 Å². The van der Waals surface area contributed by atoms with Crippen molar-refractivity contribution in [2.75, 3.05) is 0 Å². The number of carboxylic acids is 1. The molecule has 0 heterocycles. The number of halogens is 3. The molecule has 0 aliphatic rings. The summed E-state index contributed by atoms with van der Waals surface area (Å²) in [6, 6.07) is 4.30. The van der Waals surface area contributed by atoms with Gasteiger partial charge in [0.1, 0.15) is 0 Å². The Kier molecular flexibility index (Phi) is 3.17. The minimum atomic E-state index is -5.16. The number of rotatable bonds is 2. The van der Waals surface area contributed by atoms with Gasteiger partial charge in [-0.15, -0.1) is 13.2 Å². The number of carbonyl (C=O) groups excluding carboxylic acids is 2. The van der Waals surface area contributed by atoms with Gasteiger partial charge in [-0.25, -0.2) is 4.79 Å². The van der Waals surface area contributed by atoms with Crippen LogP contribution in [0.4, 0.5) is 13.2 Å². The first kappa shape index (κ1) is 12.0. The largest absolute Gasteiger partial charge is 0.575 e. The zero-order chi connectivity index (χ0) is 12.3. The molecule has 1 rings (SSSR count). The molecule has 0 radical (unpaired) electrons. The van der Waals surface area contributed by atoms with E-state index < -0.39 is 29.4 Å². The highest BCUT2D eigenvalue weighted by Crippen LogP contribution is 2.20. The standard InChI is InChI=1S/C9H5F3O4/c10-9(11,12)16-8(15)6-4-2-1-3-5(6)7(13)14/h1-4H,(H,13,14)/p-1. The molecule has 0 spiro atoms. The molecule has 0 aromatic heterocycles. The maximum absolute atomic E-state index is 11.7. The van der Waals surface area contributed by atoms with E-state index in [-0.39, 0.29) is 0 Å². The molecule has 0 saturated heterocycles. The highest BCUT2D eigenvalue weighted by molar-refractivity contribution is 6.01. The van der Waals surface area contributed by atoms with Crippen LogP contribution < -0.4 is 5.11 Å². The Morgan fingerprint density at radius 3 is 2.06 bits per heavy atom. The molecular weight excluding hydrogens is 229 g/mol. The van der Waals surface area contributed by atoms with E-state index in [1.165, 1.54) is 12.1 Å². The summed E-state index contributed by atoms with van der Waals surface area (Å²) >= 11 is 0. The Labute approximate surface area is 87.3 Å². The van der Waals surface area contributed by atoms with E-state index in [0.717, 1.165) is 12.1 Å². The van der Waals surface area contributed by atoms with Gasteiger partial charge < -0.3 is 14.6 Å². The van der Waals surface area contributed by atoms with Crippen LogP contribution in [0.25, 0.3) is 0 Å². The number of ether oxygens (including phenoxy) is 1. The fourth-order valence-electron chi connectivity index (χ4n) is 0.999. The number of carboxylic acid groups (broad SMARTS) is 1. The Balaban J connectivity index is 3.04. The van der Waals surface area contributed by atoms with Gasteiger partial charge in [-0.3, -0.25) is 0 Å². The molecule has 0 unspecified atom stereocenters. The minimum absolute atomic E-state index is 0.656. The summed E-state index contributed by atoms with van der Waals surface area (Å²) in [6.45, 7) is 0. The fraction of sp³-hybridized carbons (Fsp3) is 0.111. The third-order valence-electron chi connectivity index (χ3n) is 1.58. The number of carbonyl (C=O) groups is 2. The third kappa shape index (κ3) is 2.97. The monoisotopic (exact) mass is 233 g/mol. The van der Waals surface area contributed by atoms with E-state index in [2.05, 4.69) is 4.74 Å². The molecule has 0 aliphatic carbocycles. The second-order valence-corrected chi connectivity index (χ2v) is 2.67. The smallest absolute Gasteiger partial charge is 0.545 e. The van der Waals surface area contributed by atoms with Crippen LogP contribution in [-0.4, -0.2) is 18.3 Å². The maximum Gasteiger partial charge on any atom is 0.575 e. The Morgan fingerprint density at radius 2 is 1.62 bits per heavy atom. The number of aromatic carboxylic acids is 1. The van der Waals surface area contributed by atoms with Gasteiger partial charge in [0.15, 0.2) is 0 Å². The van der Waals surface area contributed by atoms with Crippen LogP contribution in [-0.2, 0) is 4.74 Å². The van der Waals surface area contributed by atoms with Crippen LogP contribution in [0.2, 0.25) is 0 Å². The Hall–Kier alpha value is -2.05. The van der Waals surface area contributed by atoms with Crippen molar-refractivity contribution in [2.24, 2.45) is 0 Å².